The van der Waals surface area contributed by atoms with Crippen LogP contribution in [0.1, 0.15) is 25.7 Å². The number of aliphatic hydroxyl groups excluding tert-OH is 1. The monoisotopic (exact) mass is 249 g/mol. The van der Waals surface area contributed by atoms with Crippen LogP contribution in [0.4, 0.5) is 4.79 Å². The molecule has 1 unspecified atom stereocenters. The van der Waals surface area contributed by atoms with E-state index in [2.05, 4.69) is 0 Å². The molecule has 1 aliphatic rings. The predicted molar refractivity (Wildman–Crippen MR) is 68.5 cm³/mol. The number of benzene rings is 1. The maximum Gasteiger partial charge on any atom is 0.415 e. The summed E-state index contributed by atoms with van der Waals surface area (Å²) in [5.74, 6) is 0.545. The van der Waals surface area contributed by atoms with Gasteiger partial charge in [0.15, 0.2) is 0 Å². The van der Waals surface area contributed by atoms with Gasteiger partial charge >= 0.3 is 6.09 Å². The van der Waals surface area contributed by atoms with Gasteiger partial charge in [0.2, 0.25) is 0 Å². The molecule has 0 radical (unpaired) electrons. The van der Waals surface area contributed by atoms with E-state index < -0.39 is 0 Å². The van der Waals surface area contributed by atoms with Crippen molar-refractivity contribution < 1.29 is 14.6 Å². The van der Waals surface area contributed by atoms with Gasteiger partial charge in [-0.25, -0.2) is 4.79 Å². The van der Waals surface area contributed by atoms with E-state index in [0.717, 1.165) is 25.7 Å². The van der Waals surface area contributed by atoms with Crippen molar-refractivity contribution in [1.82, 2.24) is 4.90 Å². The molecule has 1 saturated heterocycles. The highest BCUT2D eigenvalue weighted by atomic mass is 16.6. The van der Waals surface area contributed by atoms with Gasteiger partial charge in [0.1, 0.15) is 5.75 Å². The van der Waals surface area contributed by atoms with E-state index in [1.165, 1.54) is 0 Å². The Morgan fingerprint density at radius 3 is 2.78 bits per heavy atom. The van der Waals surface area contributed by atoms with E-state index in [1.54, 1.807) is 17.0 Å². The van der Waals surface area contributed by atoms with Gasteiger partial charge < -0.3 is 14.7 Å². The Morgan fingerprint density at radius 2 is 2.06 bits per heavy atom. The second-order valence-electron chi connectivity index (χ2n) is 4.56. The first-order valence-corrected chi connectivity index (χ1v) is 6.45. The van der Waals surface area contributed by atoms with Crippen LogP contribution in [0.2, 0.25) is 0 Å². The first-order valence-electron chi connectivity index (χ1n) is 6.45. The van der Waals surface area contributed by atoms with Gasteiger partial charge in [-0.2, -0.15) is 0 Å². The van der Waals surface area contributed by atoms with Crippen molar-refractivity contribution in [2.45, 2.75) is 31.7 Å². The highest BCUT2D eigenvalue weighted by molar-refractivity contribution is 5.71. The van der Waals surface area contributed by atoms with E-state index in [4.69, 9.17) is 4.74 Å². The van der Waals surface area contributed by atoms with Crippen LogP contribution in [0.15, 0.2) is 30.3 Å². The summed E-state index contributed by atoms with van der Waals surface area (Å²) in [6.45, 7) is 0.667. The molecule has 98 valence electrons. The zero-order valence-corrected chi connectivity index (χ0v) is 10.4. The maximum atomic E-state index is 12.1. The third kappa shape index (κ3) is 3.23. The van der Waals surface area contributed by atoms with E-state index in [9.17, 15) is 9.90 Å². The Labute approximate surface area is 107 Å². The number of ether oxygens (including phenoxy) is 1. The zero-order chi connectivity index (χ0) is 12.8. The van der Waals surface area contributed by atoms with Crippen LogP contribution in [-0.2, 0) is 0 Å². The number of nitrogens with zero attached hydrogens (tertiary/aromatic N) is 1. The molecule has 1 N–H and O–H groups in total. The predicted octanol–water partition coefficient (Wildman–Crippen LogP) is 2.42. The Hall–Kier alpha value is -1.55. The largest absolute Gasteiger partial charge is 0.415 e. The molecule has 1 heterocycles. The van der Waals surface area contributed by atoms with E-state index in [-0.39, 0.29) is 18.7 Å². The van der Waals surface area contributed by atoms with Crippen LogP contribution >= 0.6 is 0 Å². The minimum absolute atomic E-state index is 0.00386. The molecule has 0 saturated carbocycles. The summed E-state index contributed by atoms with van der Waals surface area (Å²) in [6, 6.07) is 8.93. The molecule has 1 amide bonds. The van der Waals surface area contributed by atoms with Crippen LogP contribution in [0.3, 0.4) is 0 Å². The molecule has 0 aliphatic carbocycles. The zero-order valence-electron chi connectivity index (χ0n) is 10.4. The number of hydrogen-bond acceptors (Lipinski definition) is 3. The number of hydrogen-bond donors (Lipinski definition) is 1. The van der Waals surface area contributed by atoms with Crippen molar-refractivity contribution in [2.75, 3.05) is 13.2 Å². The van der Waals surface area contributed by atoms with Crippen LogP contribution in [0.5, 0.6) is 5.75 Å². The maximum absolute atomic E-state index is 12.1. The number of carbonyl (C=O) groups is 1. The third-order valence-electron chi connectivity index (χ3n) is 3.27. The van der Waals surface area contributed by atoms with Crippen LogP contribution in [-0.4, -0.2) is 35.3 Å². The number of carbonyl (C=O) groups excluding carboxylic acids is 1. The van der Waals surface area contributed by atoms with Crippen molar-refractivity contribution in [3.63, 3.8) is 0 Å². The van der Waals surface area contributed by atoms with Crippen molar-refractivity contribution in [1.29, 1.82) is 0 Å². The standard InChI is InChI=1S/C14H19NO3/c16-11-12-7-3-2-6-10-15(12)14(17)18-13-8-4-1-5-9-13/h1,4-5,8-9,12,16H,2-3,6-7,10-11H2. The lowest BCUT2D eigenvalue weighted by molar-refractivity contribution is 0.104. The van der Waals surface area contributed by atoms with Gasteiger partial charge in [0.05, 0.1) is 12.6 Å². The highest BCUT2D eigenvalue weighted by Gasteiger charge is 2.26. The summed E-state index contributed by atoms with van der Waals surface area (Å²) in [5.41, 5.74) is 0. The number of likely N-dealkylation sites (tertiary alicyclic amines) is 1. The van der Waals surface area contributed by atoms with Gasteiger partial charge in [-0.3, -0.25) is 0 Å². The molecule has 18 heavy (non-hydrogen) atoms. The fourth-order valence-electron chi connectivity index (χ4n) is 2.26. The Kier molecular flexibility index (Phi) is 4.59. The molecule has 1 fully saturated rings. The molecule has 2 rings (SSSR count). The minimum Gasteiger partial charge on any atom is -0.410 e. The average molecular weight is 249 g/mol. The molecule has 1 atom stereocenters. The number of amides is 1. The summed E-state index contributed by atoms with van der Waals surface area (Å²) < 4.78 is 5.32. The Balaban J connectivity index is 2.01. The Bertz CT molecular complexity index is 380. The third-order valence-corrected chi connectivity index (χ3v) is 3.27. The lowest BCUT2D eigenvalue weighted by atomic mass is 10.1. The van der Waals surface area contributed by atoms with Crippen LogP contribution in [0, 0.1) is 0 Å². The van der Waals surface area contributed by atoms with Gasteiger partial charge in [-0.1, -0.05) is 31.0 Å². The van der Waals surface area contributed by atoms with Gasteiger partial charge in [-0.05, 0) is 25.0 Å². The quantitative estimate of drug-likeness (QED) is 0.875. The summed E-state index contributed by atoms with van der Waals surface area (Å²) in [6.07, 6.45) is 3.62. The van der Waals surface area contributed by atoms with Gasteiger partial charge in [-0.15, -0.1) is 0 Å². The highest BCUT2D eigenvalue weighted by Crippen LogP contribution is 2.18. The molecule has 4 heteroatoms. The number of aliphatic hydroxyl groups is 1. The van der Waals surface area contributed by atoms with E-state index in [1.807, 2.05) is 18.2 Å². The molecule has 0 bridgehead atoms. The molecule has 1 aromatic carbocycles. The SMILES string of the molecule is O=C(Oc1ccccc1)N1CCCCCC1CO. The smallest absolute Gasteiger partial charge is 0.410 e. The second kappa shape index (κ2) is 6.40. The molecule has 0 spiro atoms. The topological polar surface area (TPSA) is 49.8 Å². The summed E-state index contributed by atoms with van der Waals surface area (Å²) in [5, 5.41) is 9.35. The fourth-order valence-corrected chi connectivity index (χ4v) is 2.26. The van der Waals surface area contributed by atoms with Crippen LogP contribution in [0.25, 0.3) is 0 Å². The normalized spacial score (nSPS) is 20.3. The molecule has 0 aromatic heterocycles. The van der Waals surface area contributed by atoms with Crippen molar-refractivity contribution in [3.8, 4) is 5.75 Å². The minimum atomic E-state index is -0.359. The molecular formula is C14H19NO3. The van der Waals surface area contributed by atoms with Crippen molar-refractivity contribution in [3.05, 3.63) is 30.3 Å². The lowest BCUT2D eigenvalue weighted by Gasteiger charge is -2.27. The fraction of sp³-hybridized carbons (Fsp3) is 0.500. The molecule has 1 aliphatic heterocycles. The van der Waals surface area contributed by atoms with Crippen molar-refractivity contribution in [2.24, 2.45) is 0 Å². The second-order valence-corrected chi connectivity index (χ2v) is 4.56. The number of rotatable bonds is 2. The van der Waals surface area contributed by atoms with E-state index in [0.29, 0.717) is 12.3 Å². The lowest BCUT2D eigenvalue weighted by Crippen LogP contribution is -2.43. The first kappa shape index (κ1) is 12.9. The summed E-state index contributed by atoms with van der Waals surface area (Å²) >= 11 is 0. The number of para-hydroxylation sites is 1. The summed E-state index contributed by atoms with van der Waals surface area (Å²) in [7, 11) is 0. The van der Waals surface area contributed by atoms with Crippen LogP contribution < -0.4 is 4.74 Å². The van der Waals surface area contributed by atoms with Gasteiger partial charge in [0.25, 0.3) is 0 Å². The molecular weight excluding hydrogens is 230 g/mol. The average Bonchev–Trinajstić information content (AvgIpc) is 2.64. The van der Waals surface area contributed by atoms with Gasteiger partial charge in [0, 0.05) is 6.54 Å². The van der Waals surface area contributed by atoms with E-state index >= 15 is 0 Å². The molecule has 4 nitrogen and oxygen atoms in total. The van der Waals surface area contributed by atoms with Crippen molar-refractivity contribution >= 4 is 6.09 Å². The summed E-state index contributed by atoms with van der Waals surface area (Å²) in [4.78, 5) is 13.7. The molecule has 1 aromatic rings. The first-order chi connectivity index (χ1) is 8.81. The Morgan fingerprint density at radius 1 is 1.28 bits per heavy atom.